The zero-order valence-corrected chi connectivity index (χ0v) is 13.5. The summed E-state index contributed by atoms with van der Waals surface area (Å²) in [5, 5.41) is 1.82. The molecule has 0 spiro atoms. The van der Waals surface area contributed by atoms with Crippen molar-refractivity contribution in [2.45, 2.75) is 0 Å². The molecule has 21 heavy (non-hydrogen) atoms. The Morgan fingerprint density at radius 3 is 2.48 bits per heavy atom. The van der Waals surface area contributed by atoms with E-state index in [9.17, 15) is 9.59 Å². The number of benzene rings is 1. The Morgan fingerprint density at radius 2 is 1.90 bits per heavy atom. The second-order valence-corrected chi connectivity index (χ2v) is 6.53. The molecular formula is C16H11BrO3S. The number of carbonyl (C=O) groups excluding carboxylic acids is 2. The van der Waals surface area contributed by atoms with E-state index in [2.05, 4.69) is 15.9 Å². The first-order chi connectivity index (χ1) is 10.1. The molecule has 1 atom stereocenters. The third-order valence-corrected chi connectivity index (χ3v) is 4.87. The van der Waals surface area contributed by atoms with Gasteiger partial charge in [-0.05, 0) is 40.8 Å². The molecule has 1 heterocycles. The Hall–Kier alpha value is -1.72. The van der Waals surface area contributed by atoms with Gasteiger partial charge in [0.05, 0.1) is 12.0 Å². The Balaban J connectivity index is 1.97. The Labute approximate surface area is 134 Å². The van der Waals surface area contributed by atoms with Crippen molar-refractivity contribution in [2.24, 2.45) is 5.41 Å². The second kappa shape index (κ2) is 5.24. The van der Waals surface area contributed by atoms with Crippen molar-refractivity contribution in [3.63, 3.8) is 0 Å². The third-order valence-electron chi connectivity index (χ3n) is 3.47. The highest BCUT2D eigenvalue weighted by Gasteiger charge is 2.59. The van der Waals surface area contributed by atoms with E-state index in [0.717, 1.165) is 10.0 Å². The van der Waals surface area contributed by atoms with Gasteiger partial charge < -0.3 is 4.74 Å². The van der Waals surface area contributed by atoms with Crippen LogP contribution in [0.1, 0.15) is 15.2 Å². The summed E-state index contributed by atoms with van der Waals surface area (Å²) in [7, 11) is 1.30. The largest absolute Gasteiger partial charge is 0.468 e. The number of ketones is 1. The van der Waals surface area contributed by atoms with Gasteiger partial charge >= 0.3 is 5.97 Å². The van der Waals surface area contributed by atoms with Crippen molar-refractivity contribution in [3.05, 3.63) is 62.8 Å². The fourth-order valence-electron chi connectivity index (χ4n) is 2.33. The minimum absolute atomic E-state index is 0.220. The summed E-state index contributed by atoms with van der Waals surface area (Å²) in [6, 6.07) is 11.0. The molecule has 1 aromatic heterocycles. The van der Waals surface area contributed by atoms with Gasteiger partial charge in [0.25, 0.3) is 0 Å². The van der Waals surface area contributed by atoms with Crippen LogP contribution in [0, 0.1) is 5.41 Å². The molecule has 106 valence electrons. The highest BCUT2D eigenvalue weighted by molar-refractivity contribution is 9.10. The lowest BCUT2D eigenvalue weighted by atomic mass is 9.90. The average molecular weight is 363 g/mol. The van der Waals surface area contributed by atoms with Gasteiger partial charge in [0.15, 0.2) is 11.2 Å². The maximum atomic E-state index is 12.7. The monoisotopic (exact) mass is 362 g/mol. The summed E-state index contributed by atoms with van der Waals surface area (Å²) in [6.07, 6.45) is 1.68. The molecule has 0 saturated carbocycles. The highest BCUT2D eigenvalue weighted by Crippen LogP contribution is 2.54. The summed E-state index contributed by atoms with van der Waals surface area (Å²) in [5.74, 6) is -0.749. The van der Waals surface area contributed by atoms with Crippen molar-refractivity contribution in [3.8, 4) is 0 Å². The summed E-state index contributed by atoms with van der Waals surface area (Å²) >= 11 is 4.70. The van der Waals surface area contributed by atoms with Crippen LogP contribution in [-0.4, -0.2) is 18.9 Å². The number of carbonyl (C=O) groups is 2. The second-order valence-electron chi connectivity index (χ2n) is 4.67. The van der Waals surface area contributed by atoms with Crippen LogP contribution in [0.25, 0.3) is 5.57 Å². The SMILES string of the molecule is COC(=O)C1(C(=O)c2cccs2)C=C1c1ccc(Br)cc1. The van der Waals surface area contributed by atoms with E-state index >= 15 is 0 Å². The van der Waals surface area contributed by atoms with Crippen LogP contribution >= 0.6 is 27.3 Å². The Morgan fingerprint density at radius 1 is 1.19 bits per heavy atom. The lowest BCUT2D eigenvalue weighted by Gasteiger charge is -2.14. The van der Waals surface area contributed by atoms with Crippen LogP contribution in [0.5, 0.6) is 0 Å². The molecule has 1 aromatic carbocycles. The molecule has 0 radical (unpaired) electrons. The van der Waals surface area contributed by atoms with Crippen LogP contribution in [0.4, 0.5) is 0 Å². The Bertz CT molecular complexity index is 731. The molecule has 1 unspecified atom stereocenters. The molecular weight excluding hydrogens is 352 g/mol. The zero-order chi connectivity index (χ0) is 15.0. The fraction of sp³-hybridized carbons (Fsp3) is 0.125. The van der Waals surface area contributed by atoms with Gasteiger partial charge in [-0.1, -0.05) is 34.1 Å². The van der Waals surface area contributed by atoms with Gasteiger partial charge in [0.2, 0.25) is 0 Å². The first-order valence-corrected chi connectivity index (χ1v) is 7.93. The van der Waals surface area contributed by atoms with E-state index < -0.39 is 11.4 Å². The lowest BCUT2D eigenvalue weighted by molar-refractivity contribution is -0.143. The van der Waals surface area contributed by atoms with Crippen LogP contribution < -0.4 is 0 Å². The van der Waals surface area contributed by atoms with Crippen molar-refractivity contribution in [2.75, 3.05) is 7.11 Å². The van der Waals surface area contributed by atoms with Crippen LogP contribution in [0.3, 0.4) is 0 Å². The fourth-order valence-corrected chi connectivity index (χ4v) is 3.33. The number of hydrogen-bond donors (Lipinski definition) is 0. The molecule has 0 aliphatic heterocycles. The molecule has 1 aliphatic carbocycles. The summed E-state index contributed by atoms with van der Waals surface area (Å²) in [5.41, 5.74) is 0.307. The molecule has 0 amide bonds. The van der Waals surface area contributed by atoms with Crippen molar-refractivity contribution in [1.29, 1.82) is 0 Å². The zero-order valence-electron chi connectivity index (χ0n) is 11.1. The maximum Gasteiger partial charge on any atom is 0.328 e. The topological polar surface area (TPSA) is 43.4 Å². The third kappa shape index (κ3) is 2.26. The van der Waals surface area contributed by atoms with Gasteiger partial charge in [-0.2, -0.15) is 0 Å². The van der Waals surface area contributed by atoms with Gasteiger partial charge in [0.1, 0.15) is 0 Å². The van der Waals surface area contributed by atoms with E-state index in [0.29, 0.717) is 10.5 Å². The van der Waals surface area contributed by atoms with Crippen LogP contribution in [0.2, 0.25) is 0 Å². The molecule has 1 aliphatic rings. The summed E-state index contributed by atoms with van der Waals surface area (Å²) in [4.78, 5) is 25.4. The number of ether oxygens (including phenoxy) is 1. The van der Waals surface area contributed by atoms with Gasteiger partial charge in [-0.15, -0.1) is 11.3 Å². The minimum atomic E-state index is -1.26. The number of Topliss-reactive ketones (excluding diaryl/α,β-unsaturated/α-hetero) is 1. The Kier molecular flexibility index (Phi) is 3.55. The maximum absolute atomic E-state index is 12.7. The predicted octanol–water partition coefficient (Wildman–Crippen LogP) is 3.95. The minimum Gasteiger partial charge on any atom is -0.468 e. The number of thiophene rings is 1. The number of halogens is 1. The average Bonchev–Trinajstić information content (AvgIpc) is 3.02. The molecule has 3 nitrogen and oxygen atoms in total. The number of methoxy groups -OCH3 is 1. The first kappa shape index (κ1) is 14.2. The standard InChI is InChI=1S/C16H11BrO3S/c1-20-15(19)16(14(18)13-3-2-8-21-13)9-12(16)10-4-6-11(17)7-5-10/h2-9H,1H3. The molecule has 0 bridgehead atoms. The van der Waals surface area contributed by atoms with Crippen molar-refractivity contribution >= 4 is 44.6 Å². The van der Waals surface area contributed by atoms with E-state index in [1.807, 2.05) is 29.6 Å². The van der Waals surface area contributed by atoms with Crippen LogP contribution in [0.15, 0.2) is 52.3 Å². The molecule has 3 rings (SSSR count). The van der Waals surface area contributed by atoms with Crippen LogP contribution in [-0.2, 0) is 9.53 Å². The van der Waals surface area contributed by atoms with E-state index in [4.69, 9.17) is 4.74 Å². The van der Waals surface area contributed by atoms with E-state index in [-0.39, 0.29) is 5.78 Å². The first-order valence-electron chi connectivity index (χ1n) is 6.25. The van der Waals surface area contributed by atoms with Gasteiger partial charge in [-0.3, -0.25) is 9.59 Å². The molecule has 0 fully saturated rings. The normalized spacial score (nSPS) is 19.8. The molecule has 0 saturated heterocycles. The molecule has 5 heteroatoms. The van der Waals surface area contributed by atoms with Crippen molar-refractivity contribution in [1.82, 2.24) is 0 Å². The van der Waals surface area contributed by atoms with Crippen molar-refractivity contribution < 1.29 is 14.3 Å². The number of esters is 1. The van der Waals surface area contributed by atoms with Gasteiger partial charge in [0, 0.05) is 4.47 Å². The molecule has 2 aromatic rings. The summed E-state index contributed by atoms with van der Waals surface area (Å²) in [6.45, 7) is 0. The number of rotatable bonds is 4. The smallest absolute Gasteiger partial charge is 0.328 e. The lowest BCUT2D eigenvalue weighted by Crippen LogP contribution is -2.29. The van der Waals surface area contributed by atoms with E-state index in [1.54, 1.807) is 18.2 Å². The predicted molar refractivity (Wildman–Crippen MR) is 85.2 cm³/mol. The number of hydrogen-bond acceptors (Lipinski definition) is 4. The van der Waals surface area contributed by atoms with Gasteiger partial charge in [-0.25, -0.2) is 0 Å². The highest BCUT2D eigenvalue weighted by atomic mass is 79.9. The summed E-state index contributed by atoms with van der Waals surface area (Å²) < 4.78 is 5.80. The quantitative estimate of drug-likeness (QED) is 0.469. The molecule has 0 N–H and O–H groups in total. The van der Waals surface area contributed by atoms with E-state index in [1.165, 1.54) is 18.4 Å².